The topological polar surface area (TPSA) is 96.0 Å². The van der Waals surface area contributed by atoms with Gasteiger partial charge in [0, 0.05) is 6.07 Å². The number of halogens is 1. The molecule has 1 rings (SSSR count). The van der Waals surface area contributed by atoms with Gasteiger partial charge in [-0.15, -0.1) is 0 Å². The van der Waals surface area contributed by atoms with Crippen LogP contribution in [0.1, 0.15) is 17.3 Å². The summed E-state index contributed by atoms with van der Waals surface area (Å²) in [6, 6.07) is 4.97. The summed E-state index contributed by atoms with van der Waals surface area (Å²) in [5, 5.41) is 21.5. The molecule has 1 amide bonds. The first kappa shape index (κ1) is 12.9. The molecule has 0 saturated carbocycles. The number of rotatable bonds is 3. The molecule has 0 heterocycles. The Morgan fingerprint density at radius 2 is 2.29 bits per heavy atom. The molecule has 0 aliphatic carbocycles. The lowest BCUT2D eigenvalue weighted by Gasteiger charge is -2.08. The molecule has 1 unspecified atom stereocenters. The Balaban J connectivity index is 3.17. The van der Waals surface area contributed by atoms with Crippen molar-refractivity contribution >= 4 is 23.2 Å². The number of nitrogens with one attached hydrogen (secondary N) is 1. The molecule has 0 aliphatic rings. The van der Waals surface area contributed by atoms with E-state index in [2.05, 4.69) is 5.32 Å². The van der Waals surface area contributed by atoms with Crippen LogP contribution in [-0.4, -0.2) is 16.9 Å². The fourth-order valence-electron chi connectivity index (χ4n) is 1.19. The summed E-state index contributed by atoms with van der Waals surface area (Å²) in [6.07, 6.45) is 0. The Kier molecular flexibility index (Phi) is 4.01. The second-order valence-corrected chi connectivity index (χ2v) is 3.62. The maximum Gasteiger partial charge on any atom is 0.283 e. The first-order valence-corrected chi connectivity index (χ1v) is 4.98. The maximum absolute atomic E-state index is 11.7. The van der Waals surface area contributed by atoms with Crippen LogP contribution < -0.4 is 5.32 Å². The molecule has 1 aromatic rings. The van der Waals surface area contributed by atoms with Crippen LogP contribution in [0, 0.1) is 21.4 Å². The molecule has 88 valence electrons. The minimum Gasteiger partial charge on any atom is -0.336 e. The molecular formula is C10H8ClN3O3. The van der Waals surface area contributed by atoms with E-state index in [0.29, 0.717) is 0 Å². The third-order valence-corrected chi connectivity index (χ3v) is 2.27. The third-order valence-electron chi connectivity index (χ3n) is 1.96. The summed E-state index contributed by atoms with van der Waals surface area (Å²) in [5.41, 5.74) is -0.624. The van der Waals surface area contributed by atoms with Crippen LogP contribution in [0.3, 0.4) is 0 Å². The van der Waals surface area contributed by atoms with E-state index in [1.165, 1.54) is 25.1 Å². The van der Waals surface area contributed by atoms with Gasteiger partial charge >= 0.3 is 0 Å². The number of nitro groups is 1. The zero-order chi connectivity index (χ0) is 13.0. The standard InChI is InChI=1S/C10H8ClN3O3/c1-6(5-12)13-10(15)9-7(11)3-2-4-8(9)14(16)17/h2-4,6H,1H3,(H,13,15). The summed E-state index contributed by atoms with van der Waals surface area (Å²) < 4.78 is 0. The number of hydrogen-bond donors (Lipinski definition) is 1. The van der Waals surface area contributed by atoms with Gasteiger partial charge in [0.1, 0.15) is 11.6 Å². The van der Waals surface area contributed by atoms with Crippen molar-refractivity contribution in [3.8, 4) is 6.07 Å². The molecule has 0 aromatic heterocycles. The molecule has 1 atom stereocenters. The number of nitrogens with zero attached hydrogens (tertiary/aromatic N) is 2. The number of amides is 1. The lowest BCUT2D eigenvalue weighted by Crippen LogP contribution is -2.32. The Hall–Kier alpha value is -2.13. The molecule has 0 radical (unpaired) electrons. The monoisotopic (exact) mass is 253 g/mol. The highest BCUT2D eigenvalue weighted by Gasteiger charge is 2.23. The van der Waals surface area contributed by atoms with Crippen molar-refractivity contribution in [3.05, 3.63) is 38.9 Å². The first-order chi connectivity index (χ1) is 7.97. The Morgan fingerprint density at radius 1 is 1.65 bits per heavy atom. The highest BCUT2D eigenvalue weighted by molar-refractivity contribution is 6.34. The first-order valence-electron chi connectivity index (χ1n) is 4.60. The predicted molar refractivity (Wildman–Crippen MR) is 60.6 cm³/mol. The van der Waals surface area contributed by atoms with Crippen molar-refractivity contribution in [1.82, 2.24) is 5.32 Å². The zero-order valence-electron chi connectivity index (χ0n) is 8.81. The summed E-state index contributed by atoms with van der Waals surface area (Å²) >= 11 is 5.75. The number of nitro benzene ring substituents is 1. The van der Waals surface area contributed by atoms with Crippen molar-refractivity contribution in [2.45, 2.75) is 13.0 Å². The van der Waals surface area contributed by atoms with E-state index in [0.717, 1.165) is 0 Å². The van der Waals surface area contributed by atoms with Crippen LogP contribution in [0.4, 0.5) is 5.69 Å². The molecule has 0 bridgehead atoms. The van der Waals surface area contributed by atoms with Gasteiger partial charge < -0.3 is 5.32 Å². The van der Waals surface area contributed by atoms with E-state index in [9.17, 15) is 14.9 Å². The van der Waals surface area contributed by atoms with Crippen LogP contribution in [0.5, 0.6) is 0 Å². The number of carbonyl (C=O) groups is 1. The van der Waals surface area contributed by atoms with E-state index >= 15 is 0 Å². The van der Waals surface area contributed by atoms with E-state index in [1.807, 2.05) is 0 Å². The molecule has 0 saturated heterocycles. The molecule has 6 nitrogen and oxygen atoms in total. The van der Waals surface area contributed by atoms with Crippen LogP contribution in [-0.2, 0) is 0 Å². The van der Waals surface area contributed by atoms with Gasteiger partial charge in [-0.2, -0.15) is 5.26 Å². The van der Waals surface area contributed by atoms with Gasteiger partial charge in [0.15, 0.2) is 0 Å². The minimum absolute atomic E-state index is 0.0261. The molecule has 0 spiro atoms. The van der Waals surface area contributed by atoms with E-state index in [-0.39, 0.29) is 16.3 Å². The van der Waals surface area contributed by atoms with Gasteiger partial charge in [0.05, 0.1) is 16.0 Å². The van der Waals surface area contributed by atoms with Gasteiger partial charge in [-0.25, -0.2) is 0 Å². The zero-order valence-corrected chi connectivity index (χ0v) is 9.56. The summed E-state index contributed by atoms with van der Waals surface area (Å²) in [5.74, 6) is -0.739. The van der Waals surface area contributed by atoms with Crippen molar-refractivity contribution in [2.75, 3.05) is 0 Å². The van der Waals surface area contributed by atoms with Crippen molar-refractivity contribution in [2.24, 2.45) is 0 Å². The third kappa shape index (κ3) is 2.92. The molecule has 0 aliphatic heterocycles. The Morgan fingerprint density at radius 3 is 2.82 bits per heavy atom. The largest absolute Gasteiger partial charge is 0.336 e. The number of nitriles is 1. The lowest BCUT2D eigenvalue weighted by atomic mass is 10.1. The average molecular weight is 254 g/mol. The Bertz CT molecular complexity index is 510. The maximum atomic E-state index is 11.7. The second-order valence-electron chi connectivity index (χ2n) is 3.22. The van der Waals surface area contributed by atoms with Crippen LogP contribution in [0.2, 0.25) is 5.02 Å². The highest BCUT2D eigenvalue weighted by atomic mass is 35.5. The van der Waals surface area contributed by atoms with Gasteiger partial charge in [-0.3, -0.25) is 14.9 Å². The van der Waals surface area contributed by atoms with Crippen molar-refractivity contribution < 1.29 is 9.72 Å². The molecule has 7 heteroatoms. The van der Waals surface area contributed by atoms with Gasteiger partial charge in [-0.05, 0) is 13.0 Å². The van der Waals surface area contributed by atoms with Crippen LogP contribution in [0.15, 0.2) is 18.2 Å². The van der Waals surface area contributed by atoms with E-state index < -0.39 is 16.9 Å². The minimum atomic E-state index is -0.752. The summed E-state index contributed by atoms with van der Waals surface area (Å²) in [6.45, 7) is 1.46. The van der Waals surface area contributed by atoms with E-state index in [1.54, 1.807) is 6.07 Å². The molecule has 17 heavy (non-hydrogen) atoms. The second kappa shape index (κ2) is 5.27. The molecule has 1 aromatic carbocycles. The fraction of sp³-hybridized carbons (Fsp3) is 0.200. The Labute approximate surface area is 102 Å². The number of benzene rings is 1. The molecular weight excluding hydrogens is 246 g/mol. The van der Waals surface area contributed by atoms with E-state index in [4.69, 9.17) is 16.9 Å². The fourth-order valence-corrected chi connectivity index (χ4v) is 1.45. The van der Waals surface area contributed by atoms with Gasteiger partial charge in [0.25, 0.3) is 11.6 Å². The van der Waals surface area contributed by atoms with Gasteiger partial charge in [-0.1, -0.05) is 17.7 Å². The van der Waals surface area contributed by atoms with Crippen LogP contribution in [0.25, 0.3) is 0 Å². The van der Waals surface area contributed by atoms with Crippen molar-refractivity contribution in [1.29, 1.82) is 5.26 Å². The van der Waals surface area contributed by atoms with Crippen molar-refractivity contribution in [3.63, 3.8) is 0 Å². The average Bonchev–Trinajstić information content (AvgIpc) is 2.28. The van der Waals surface area contributed by atoms with Crippen LogP contribution >= 0.6 is 11.6 Å². The summed E-state index contributed by atoms with van der Waals surface area (Å²) in [7, 11) is 0. The number of hydrogen-bond acceptors (Lipinski definition) is 4. The predicted octanol–water partition coefficient (Wildman–Crippen LogP) is 1.89. The summed E-state index contributed by atoms with van der Waals surface area (Å²) in [4.78, 5) is 21.7. The highest BCUT2D eigenvalue weighted by Crippen LogP contribution is 2.25. The normalized spacial score (nSPS) is 11.4. The smallest absolute Gasteiger partial charge is 0.283 e. The lowest BCUT2D eigenvalue weighted by molar-refractivity contribution is -0.385. The SMILES string of the molecule is CC(C#N)NC(=O)c1c(Cl)cccc1[N+](=O)[O-]. The molecule has 1 N–H and O–H groups in total. The van der Waals surface area contributed by atoms with Gasteiger partial charge in [0.2, 0.25) is 0 Å². The number of carbonyl (C=O) groups excluding carboxylic acids is 1. The molecule has 0 fully saturated rings. The quantitative estimate of drug-likeness (QED) is 0.657.